The molecule has 0 amide bonds. The Morgan fingerprint density at radius 1 is 1.37 bits per heavy atom. The molecule has 0 heterocycles. The SMILES string of the molecule is CCCN(CCCOc1cccc(C)c1)CC(=O)O. The van der Waals surface area contributed by atoms with Gasteiger partial charge in [0.1, 0.15) is 5.75 Å². The molecule has 0 aliphatic carbocycles. The quantitative estimate of drug-likeness (QED) is 0.697. The molecule has 0 radical (unpaired) electrons. The maximum Gasteiger partial charge on any atom is 0.317 e. The third kappa shape index (κ3) is 6.82. The largest absolute Gasteiger partial charge is 0.494 e. The lowest BCUT2D eigenvalue weighted by atomic mass is 10.2. The van der Waals surface area contributed by atoms with E-state index in [9.17, 15) is 4.79 Å². The van der Waals surface area contributed by atoms with E-state index in [4.69, 9.17) is 9.84 Å². The first-order valence-corrected chi connectivity index (χ1v) is 6.75. The highest BCUT2D eigenvalue weighted by atomic mass is 16.5. The predicted molar refractivity (Wildman–Crippen MR) is 75.7 cm³/mol. The molecule has 4 heteroatoms. The van der Waals surface area contributed by atoms with E-state index in [1.807, 2.05) is 36.1 Å². The summed E-state index contributed by atoms with van der Waals surface area (Å²) in [5.41, 5.74) is 1.18. The van der Waals surface area contributed by atoms with Gasteiger partial charge >= 0.3 is 5.97 Å². The van der Waals surface area contributed by atoms with Gasteiger partial charge in [0, 0.05) is 6.54 Å². The fourth-order valence-corrected chi connectivity index (χ4v) is 1.96. The number of nitrogens with zero attached hydrogens (tertiary/aromatic N) is 1. The minimum Gasteiger partial charge on any atom is -0.494 e. The molecule has 0 aliphatic rings. The molecule has 4 nitrogen and oxygen atoms in total. The van der Waals surface area contributed by atoms with Crippen molar-refractivity contribution in [2.24, 2.45) is 0 Å². The average Bonchev–Trinajstić information content (AvgIpc) is 2.34. The van der Waals surface area contributed by atoms with Crippen molar-refractivity contribution in [1.29, 1.82) is 0 Å². The molecule has 0 spiro atoms. The Kier molecular flexibility index (Phi) is 6.97. The number of benzene rings is 1. The Morgan fingerprint density at radius 2 is 2.16 bits per heavy atom. The lowest BCUT2D eigenvalue weighted by Crippen LogP contribution is -2.32. The van der Waals surface area contributed by atoms with Crippen molar-refractivity contribution in [2.75, 3.05) is 26.2 Å². The Morgan fingerprint density at radius 3 is 2.79 bits per heavy atom. The number of aryl methyl sites for hydroxylation is 1. The zero-order valence-electron chi connectivity index (χ0n) is 11.8. The molecule has 106 valence electrons. The van der Waals surface area contributed by atoms with Crippen LogP contribution in [-0.4, -0.2) is 42.2 Å². The molecule has 1 aromatic carbocycles. The topological polar surface area (TPSA) is 49.8 Å². The molecule has 0 aromatic heterocycles. The van der Waals surface area contributed by atoms with Gasteiger partial charge in [-0.1, -0.05) is 19.1 Å². The van der Waals surface area contributed by atoms with Gasteiger partial charge < -0.3 is 9.84 Å². The lowest BCUT2D eigenvalue weighted by Gasteiger charge is -2.19. The number of hydrogen-bond donors (Lipinski definition) is 1. The summed E-state index contributed by atoms with van der Waals surface area (Å²) in [6, 6.07) is 7.94. The minimum atomic E-state index is -0.770. The summed E-state index contributed by atoms with van der Waals surface area (Å²) in [5.74, 6) is 0.105. The zero-order chi connectivity index (χ0) is 14.1. The van der Waals surface area contributed by atoms with E-state index in [0.29, 0.717) is 6.61 Å². The van der Waals surface area contributed by atoms with E-state index in [1.165, 1.54) is 5.56 Å². The van der Waals surface area contributed by atoms with Crippen molar-refractivity contribution >= 4 is 5.97 Å². The molecule has 0 aliphatic heterocycles. The number of carboxylic acids is 1. The minimum absolute atomic E-state index is 0.109. The van der Waals surface area contributed by atoms with Crippen LogP contribution in [0.4, 0.5) is 0 Å². The molecule has 0 saturated heterocycles. The highest BCUT2D eigenvalue weighted by molar-refractivity contribution is 5.69. The summed E-state index contributed by atoms with van der Waals surface area (Å²) >= 11 is 0. The summed E-state index contributed by atoms with van der Waals surface area (Å²) in [4.78, 5) is 12.6. The molecule has 0 atom stereocenters. The zero-order valence-corrected chi connectivity index (χ0v) is 11.8. The normalized spacial score (nSPS) is 10.7. The van der Waals surface area contributed by atoms with Gasteiger partial charge in [-0.25, -0.2) is 0 Å². The summed E-state index contributed by atoms with van der Waals surface area (Å²) in [7, 11) is 0. The monoisotopic (exact) mass is 265 g/mol. The van der Waals surface area contributed by atoms with E-state index in [2.05, 4.69) is 6.92 Å². The van der Waals surface area contributed by atoms with Crippen molar-refractivity contribution in [2.45, 2.75) is 26.7 Å². The molecule has 19 heavy (non-hydrogen) atoms. The Bertz CT molecular complexity index is 393. The van der Waals surface area contributed by atoms with Gasteiger partial charge in [-0.05, 0) is 44.0 Å². The highest BCUT2D eigenvalue weighted by Gasteiger charge is 2.08. The number of ether oxygens (including phenoxy) is 1. The standard InChI is InChI=1S/C15H23NO3/c1-3-8-16(12-15(17)18)9-5-10-19-14-7-4-6-13(2)11-14/h4,6-7,11H,3,5,8-10,12H2,1-2H3,(H,17,18). The van der Waals surface area contributed by atoms with Crippen LogP contribution in [0.3, 0.4) is 0 Å². The van der Waals surface area contributed by atoms with Gasteiger partial charge in [-0.3, -0.25) is 9.69 Å². The summed E-state index contributed by atoms with van der Waals surface area (Å²) in [5, 5.41) is 8.80. The van der Waals surface area contributed by atoms with Crippen LogP contribution in [-0.2, 0) is 4.79 Å². The Balaban J connectivity index is 2.26. The molecule has 1 aromatic rings. The summed E-state index contributed by atoms with van der Waals surface area (Å²) in [6.45, 7) is 6.38. The third-order valence-electron chi connectivity index (χ3n) is 2.78. The summed E-state index contributed by atoms with van der Waals surface area (Å²) < 4.78 is 5.65. The van der Waals surface area contributed by atoms with E-state index < -0.39 is 5.97 Å². The molecule has 0 bridgehead atoms. The van der Waals surface area contributed by atoms with Crippen LogP contribution >= 0.6 is 0 Å². The van der Waals surface area contributed by atoms with Gasteiger partial charge in [0.05, 0.1) is 13.2 Å². The van der Waals surface area contributed by atoms with E-state index in [1.54, 1.807) is 0 Å². The molecule has 0 saturated carbocycles. The fourth-order valence-electron chi connectivity index (χ4n) is 1.96. The maximum absolute atomic E-state index is 10.7. The highest BCUT2D eigenvalue weighted by Crippen LogP contribution is 2.12. The number of carboxylic acid groups (broad SMARTS) is 1. The van der Waals surface area contributed by atoms with Crippen LogP contribution in [0.1, 0.15) is 25.3 Å². The van der Waals surface area contributed by atoms with Crippen molar-refractivity contribution < 1.29 is 14.6 Å². The van der Waals surface area contributed by atoms with Gasteiger partial charge in [0.25, 0.3) is 0 Å². The van der Waals surface area contributed by atoms with E-state index >= 15 is 0 Å². The van der Waals surface area contributed by atoms with Gasteiger partial charge in [-0.15, -0.1) is 0 Å². The predicted octanol–water partition coefficient (Wildman–Crippen LogP) is 2.56. The number of aliphatic carboxylic acids is 1. The van der Waals surface area contributed by atoms with Crippen LogP contribution < -0.4 is 4.74 Å². The van der Waals surface area contributed by atoms with Gasteiger partial charge in [-0.2, -0.15) is 0 Å². The first kappa shape index (κ1) is 15.5. The second-order valence-electron chi connectivity index (χ2n) is 4.69. The van der Waals surface area contributed by atoms with E-state index in [0.717, 1.165) is 31.7 Å². The van der Waals surface area contributed by atoms with Gasteiger partial charge in [0.2, 0.25) is 0 Å². The van der Waals surface area contributed by atoms with Crippen molar-refractivity contribution in [3.05, 3.63) is 29.8 Å². The third-order valence-corrected chi connectivity index (χ3v) is 2.78. The lowest BCUT2D eigenvalue weighted by molar-refractivity contribution is -0.138. The number of carbonyl (C=O) groups is 1. The van der Waals surface area contributed by atoms with Crippen molar-refractivity contribution in [3.8, 4) is 5.75 Å². The first-order chi connectivity index (χ1) is 9.11. The van der Waals surface area contributed by atoms with Crippen LogP contribution in [0.5, 0.6) is 5.75 Å². The maximum atomic E-state index is 10.7. The molecular weight excluding hydrogens is 242 g/mol. The van der Waals surface area contributed by atoms with Crippen molar-refractivity contribution in [1.82, 2.24) is 4.90 Å². The fraction of sp³-hybridized carbons (Fsp3) is 0.533. The van der Waals surface area contributed by atoms with Crippen molar-refractivity contribution in [3.63, 3.8) is 0 Å². The first-order valence-electron chi connectivity index (χ1n) is 6.75. The molecule has 0 fully saturated rings. The second kappa shape index (κ2) is 8.53. The second-order valence-corrected chi connectivity index (χ2v) is 4.69. The molecule has 1 rings (SSSR count). The smallest absolute Gasteiger partial charge is 0.317 e. The van der Waals surface area contributed by atoms with Crippen LogP contribution in [0, 0.1) is 6.92 Å². The average molecular weight is 265 g/mol. The van der Waals surface area contributed by atoms with E-state index in [-0.39, 0.29) is 6.54 Å². The Hall–Kier alpha value is -1.55. The van der Waals surface area contributed by atoms with Crippen LogP contribution in [0.2, 0.25) is 0 Å². The molecule has 1 N–H and O–H groups in total. The number of rotatable bonds is 9. The molecular formula is C15H23NO3. The Labute approximate surface area is 115 Å². The molecule has 0 unspecified atom stereocenters. The van der Waals surface area contributed by atoms with Crippen LogP contribution in [0.15, 0.2) is 24.3 Å². The van der Waals surface area contributed by atoms with Crippen LogP contribution in [0.25, 0.3) is 0 Å². The summed E-state index contributed by atoms with van der Waals surface area (Å²) in [6.07, 6.45) is 1.80. The van der Waals surface area contributed by atoms with Gasteiger partial charge in [0.15, 0.2) is 0 Å². The number of hydrogen-bond acceptors (Lipinski definition) is 3.